The minimum absolute atomic E-state index is 0.216. The first-order valence-corrected chi connectivity index (χ1v) is 7.25. The quantitative estimate of drug-likeness (QED) is 0.791. The molecule has 1 unspecified atom stereocenters. The summed E-state index contributed by atoms with van der Waals surface area (Å²) in [6.45, 7) is 5.00. The molecule has 0 aromatic carbocycles. The maximum atomic E-state index is 11.6. The lowest BCUT2D eigenvalue weighted by Crippen LogP contribution is -2.48. The Hall–Kier alpha value is -0.610. The van der Waals surface area contributed by atoms with Crippen molar-refractivity contribution >= 4 is 5.91 Å². The van der Waals surface area contributed by atoms with Gasteiger partial charge in [-0.15, -0.1) is 0 Å². The number of hydrogen-bond acceptors (Lipinski definition) is 3. The predicted molar refractivity (Wildman–Crippen MR) is 73.5 cm³/mol. The molecule has 1 aliphatic heterocycles. The topological polar surface area (TPSA) is 35.6 Å². The van der Waals surface area contributed by atoms with Crippen LogP contribution in [0.15, 0.2) is 0 Å². The number of nitrogens with zero attached hydrogens (tertiary/aromatic N) is 2. The van der Waals surface area contributed by atoms with Crippen LogP contribution in [-0.2, 0) is 4.79 Å². The van der Waals surface area contributed by atoms with E-state index in [1.807, 2.05) is 14.1 Å². The van der Waals surface area contributed by atoms with Crippen molar-refractivity contribution < 1.29 is 4.79 Å². The lowest BCUT2D eigenvalue weighted by molar-refractivity contribution is -0.130. The van der Waals surface area contributed by atoms with Gasteiger partial charge in [0.05, 0.1) is 6.54 Å². The van der Waals surface area contributed by atoms with Gasteiger partial charge in [0.15, 0.2) is 0 Å². The minimum atomic E-state index is 0.216. The van der Waals surface area contributed by atoms with Crippen molar-refractivity contribution in [2.45, 2.75) is 44.7 Å². The second-order valence-corrected chi connectivity index (χ2v) is 6.13. The van der Waals surface area contributed by atoms with Gasteiger partial charge in [-0.3, -0.25) is 9.69 Å². The van der Waals surface area contributed by atoms with Crippen LogP contribution in [0.4, 0.5) is 0 Å². The Balaban J connectivity index is 1.66. The zero-order valence-corrected chi connectivity index (χ0v) is 12.0. The molecule has 2 aliphatic rings. The highest BCUT2D eigenvalue weighted by Gasteiger charge is 2.30. The third kappa shape index (κ3) is 3.95. The van der Waals surface area contributed by atoms with Crippen LogP contribution in [0.1, 0.15) is 32.6 Å². The molecule has 0 spiro atoms. The summed E-state index contributed by atoms with van der Waals surface area (Å²) in [7, 11) is 3.65. The molecule has 0 bridgehead atoms. The normalized spacial score (nSPS) is 23.9. The van der Waals surface area contributed by atoms with E-state index < -0.39 is 0 Å². The van der Waals surface area contributed by atoms with E-state index in [1.165, 1.54) is 25.7 Å². The molecular formula is C14H27N3O. The van der Waals surface area contributed by atoms with Gasteiger partial charge in [0.2, 0.25) is 5.91 Å². The summed E-state index contributed by atoms with van der Waals surface area (Å²) in [5.41, 5.74) is 0. The zero-order chi connectivity index (χ0) is 13.1. The number of carbonyl (C=O) groups is 1. The minimum Gasteiger partial charge on any atom is -0.348 e. The molecule has 0 radical (unpaired) electrons. The van der Waals surface area contributed by atoms with Crippen molar-refractivity contribution in [2.24, 2.45) is 5.92 Å². The molecule has 1 saturated heterocycles. The molecule has 1 heterocycles. The Morgan fingerprint density at radius 2 is 1.89 bits per heavy atom. The van der Waals surface area contributed by atoms with Crippen LogP contribution >= 0.6 is 0 Å². The van der Waals surface area contributed by atoms with E-state index in [4.69, 9.17) is 0 Å². The van der Waals surface area contributed by atoms with E-state index in [-0.39, 0.29) is 5.91 Å². The highest BCUT2D eigenvalue weighted by atomic mass is 16.2. The molecule has 2 fully saturated rings. The smallest absolute Gasteiger partial charge is 0.236 e. The van der Waals surface area contributed by atoms with Crippen LogP contribution in [0.25, 0.3) is 0 Å². The van der Waals surface area contributed by atoms with E-state index >= 15 is 0 Å². The van der Waals surface area contributed by atoms with Gasteiger partial charge in [-0.2, -0.15) is 0 Å². The first-order chi connectivity index (χ1) is 8.56. The van der Waals surface area contributed by atoms with Crippen molar-refractivity contribution in [1.29, 1.82) is 0 Å². The average molecular weight is 253 g/mol. The zero-order valence-electron chi connectivity index (χ0n) is 12.0. The molecule has 104 valence electrons. The molecule has 1 amide bonds. The number of rotatable bonds is 5. The molecule has 1 aliphatic carbocycles. The van der Waals surface area contributed by atoms with E-state index in [2.05, 4.69) is 17.1 Å². The van der Waals surface area contributed by atoms with Crippen molar-refractivity contribution in [1.82, 2.24) is 15.1 Å². The Bertz CT molecular complexity index is 281. The maximum Gasteiger partial charge on any atom is 0.236 e. The molecule has 1 atom stereocenters. The number of nitrogens with one attached hydrogen (secondary N) is 1. The van der Waals surface area contributed by atoms with Gasteiger partial charge in [-0.1, -0.05) is 0 Å². The molecule has 4 heteroatoms. The SMILES string of the molecule is CC(NC1CCN(CC(=O)N(C)C)CC1)C1CC1. The number of likely N-dealkylation sites (tertiary alicyclic amines) is 1. The van der Waals surface area contributed by atoms with E-state index in [0.717, 1.165) is 19.0 Å². The summed E-state index contributed by atoms with van der Waals surface area (Å²) in [4.78, 5) is 15.6. The van der Waals surface area contributed by atoms with Gasteiger partial charge in [-0.05, 0) is 38.5 Å². The molecule has 0 aromatic heterocycles. The van der Waals surface area contributed by atoms with Crippen LogP contribution < -0.4 is 5.32 Å². The third-order valence-corrected chi connectivity index (χ3v) is 4.27. The van der Waals surface area contributed by atoms with Gasteiger partial charge in [-0.25, -0.2) is 0 Å². The van der Waals surface area contributed by atoms with Gasteiger partial charge in [0.1, 0.15) is 0 Å². The summed E-state index contributed by atoms with van der Waals surface area (Å²) in [5.74, 6) is 1.14. The lowest BCUT2D eigenvalue weighted by Gasteiger charge is -2.34. The monoisotopic (exact) mass is 253 g/mol. The summed E-state index contributed by atoms with van der Waals surface area (Å²) >= 11 is 0. The third-order valence-electron chi connectivity index (χ3n) is 4.27. The standard InChI is InChI=1S/C14H27N3O/c1-11(12-4-5-12)15-13-6-8-17(9-7-13)10-14(18)16(2)3/h11-13,15H,4-10H2,1-3H3. The fraction of sp³-hybridized carbons (Fsp3) is 0.929. The second-order valence-electron chi connectivity index (χ2n) is 6.13. The number of piperidine rings is 1. The fourth-order valence-corrected chi connectivity index (χ4v) is 2.69. The predicted octanol–water partition coefficient (Wildman–Crippen LogP) is 0.927. The lowest BCUT2D eigenvalue weighted by atomic mass is 10.0. The number of amides is 1. The van der Waals surface area contributed by atoms with Gasteiger partial charge < -0.3 is 10.2 Å². The van der Waals surface area contributed by atoms with Gasteiger partial charge in [0.25, 0.3) is 0 Å². The van der Waals surface area contributed by atoms with E-state index in [9.17, 15) is 4.79 Å². The number of hydrogen-bond donors (Lipinski definition) is 1. The summed E-state index contributed by atoms with van der Waals surface area (Å²) in [6.07, 6.45) is 5.17. The van der Waals surface area contributed by atoms with Crippen LogP contribution in [0.2, 0.25) is 0 Å². The number of carbonyl (C=O) groups excluding carboxylic acids is 1. The Labute approximate surface area is 111 Å². The van der Waals surface area contributed by atoms with Crippen LogP contribution in [0.3, 0.4) is 0 Å². The van der Waals surface area contributed by atoms with Crippen molar-refractivity contribution in [3.63, 3.8) is 0 Å². The van der Waals surface area contributed by atoms with Crippen LogP contribution in [0.5, 0.6) is 0 Å². The first-order valence-electron chi connectivity index (χ1n) is 7.25. The number of likely N-dealkylation sites (N-methyl/N-ethyl adjacent to an activating group) is 1. The van der Waals surface area contributed by atoms with Crippen molar-refractivity contribution in [2.75, 3.05) is 33.7 Å². The molecule has 2 rings (SSSR count). The molecule has 1 saturated carbocycles. The highest BCUT2D eigenvalue weighted by Crippen LogP contribution is 2.32. The Morgan fingerprint density at radius 1 is 1.28 bits per heavy atom. The molecule has 4 nitrogen and oxygen atoms in total. The molecular weight excluding hydrogens is 226 g/mol. The van der Waals surface area contributed by atoms with Crippen molar-refractivity contribution in [3.05, 3.63) is 0 Å². The second kappa shape index (κ2) is 6.02. The van der Waals surface area contributed by atoms with Gasteiger partial charge in [0, 0.05) is 39.3 Å². The molecule has 0 aromatic rings. The first kappa shape index (κ1) is 13.8. The fourth-order valence-electron chi connectivity index (χ4n) is 2.69. The van der Waals surface area contributed by atoms with Crippen molar-refractivity contribution in [3.8, 4) is 0 Å². The van der Waals surface area contributed by atoms with E-state index in [0.29, 0.717) is 18.6 Å². The van der Waals surface area contributed by atoms with Crippen LogP contribution in [-0.4, -0.2) is 61.5 Å². The van der Waals surface area contributed by atoms with Crippen LogP contribution in [0, 0.1) is 5.92 Å². The summed E-state index contributed by atoms with van der Waals surface area (Å²) in [5, 5.41) is 3.76. The summed E-state index contributed by atoms with van der Waals surface area (Å²) in [6, 6.07) is 1.34. The highest BCUT2D eigenvalue weighted by molar-refractivity contribution is 5.77. The largest absolute Gasteiger partial charge is 0.348 e. The average Bonchev–Trinajstić information content (AvgIpc) is 3.15. The molecule has 1 N–H and O–H groups in total. The Morgan fingerprint density at radius 3 is 2.39 bits per heavy atom. The summed E-state index contributed by atoms with van der Waals surface area (Å²) < 4.78 is 0. The Kier molecular flexibility index (Phi) is 4.62. The van der Waals surface area contributed by atoms with E-state index in [1.54, 1.807) is 4.90 Å². The van der Waals surface area contributed by atoms with Gasteiger partial charge >= 0.3 is 0 Å². The molecule has 18 heavy (non-hydrogen) atoms. The maximum absolute atomic E-state index is 11.6.